The third-order valence-electron chi connectivity index (χ3n) is 3.02. The Kier molecular flexibility index (Phi) is 1.95. The Bertz CT molecular complexity index is 698. The molecule has 0 unspecified atom stereocenters. The number of fused-ring (bicyclic) bond motifs is 3. The number of rotatable bonds is 0. The highest BCUT2D eigenvalue weighted by atomic mass is 35.5. The van der Waals surface area contributed by atoms with Crippen molar-refractivity contribution in [2.75, 3.05) is 0 Å². The zero-order chi connectivity index (χ0) is 11.3. The van der Waals surface area contributed by atoms with E-state index in [0.717, 1.165) is 10.9 Å². The number of hydrogen-bond acceptors (Lipinski definition) is 1. The topological polar surface area (TPSA) is 17.8 Å². The smallest absolute Gasteiger partial charge is 0.153 e. The predicted molar refractivity (Wildman–Crippen MR) is 68.0 cm³/mol. The van der Waals surface area contributed by atoms with Crippen molar-refractivity contribution in [2.24, 2.45) is 7.05 Å². The lowest BCUT2D eigenvalue weighted by Gasteiger charge is -1.99. The Balaban J connectivity index is 2.64. The van der Waals surface area contributed by atoms with E-state index in [1.54, 1.807) is 6.20 Å². The predicted octanol–water partition coefficient (Wildman–Crippen LogP) is 3.69. The molecule has 80 valence electrons. The first-order valence-corrected chi connectivity index (χ1v) is 5.55. The van der Waals surface area contributed by atoms with Crippen molar-refractivity contribution >= 4 is 33.4 Å². The average Bonchev–Trinajstić information content (AvgIpc) is 2.54. The fourth-order valence-electron chi connectivity index (χ4n) is 2.23. The first-order chi connectivity index (χ1) is 7.68. The largest absolute Gasteiger partial charge is 0.341 e. The second-order valence-electron chi connectivity index (χ2n) is 4.08. The third-order valence-corrected chi connectivity index (χ3v) is 3.30. The van der Waals surface area contributed by atoms with Gasteiger partial charge < -0.3 is 4.57 Å². The van der Waals surface area contributed by atoms with Crippen LogP contribution in [-0.4, -0.2) is 9.55 Å². The summed E-state index contributed by atoms with van der Waals surface area (Å²) in [4.78, 5) is 4.13. The molecule has 0 radical (unpaired) electrons. The highest BCUT2D eigenvalue weighted by molar-refractivity contribution is 6.35. The highest BCUT2D eigenvalue weighted by Gasteiger charge is 2.10. The van der Waals surface area contributed by atoms with Crippen molar-refractivity contribution in [3.05, 3.63) is 41.2 Å². The summed E-state index contributed by atoms with van der Waals surface area (Å²) in [5.41, 5.74) is 3.46. The van der Waals surface area contributed by atoms with Gasteiger partial charge >= 0.3 is 0 Å². The zero-order valence-corrected chi connectivity index (χ0v) is 9.92. The number of pyridine rings is 1. The molecule has 2 aromatic heterocycles. The third kappa shape index (κ3) is 1.17. The van der Waals surface area contributed by atoms with Gasteiger partial charge in [-0.1, -0.05) is 23.7 Å². The first-order valence-electron chi connectivity index (χ1n) is 5.18. The Labute approximate surface area is 98.5 Å². The van der Waals surface area contributed by atoms with Crippen LogP contribution in [0, 0.1) is 6.92 Å². The molecule has 0 amide bonds. The van der Waals surface area contributed by atoms with Crippen molar-refractivity contribution in [1.29, 1.82) is 0 Å². The minimum Gasteiger partial charge on any atom is -0.341 e. The van der Waals surface area contributed by atoms with Gasteiger partial charge in [-0.3, -0.25) is 0 Å². The SMILES string of the molecule is Cc1ccc2c3ccnc(Cl)c3n(C)c2c1. The number of hydrogen-bond donors (Lipinski definition) is 0. The van der Waals surface area contributed by atoms with Gasteiger partial charge in [0, 0.05) is 29.5 Å². The second kappa shape index (κ2) is 3.22. The van der Waals surface area contributed by atoms with E-state index < -0.39 is 0 Å². The molecular formula is C13H11ClN2. The van der Waals surface area contributed by atoms with Crippen molar-refractivity contribution < 1.29 is 0 Å². The molecule has 0 N–H and O–H groups in total. The van der Waals surface area contributed by atoms with Crippen LogP contribution in [0.3, 0.4) is 0 Å². The molecule has 0 saturated heterocycles. The molecule has 0 fully saturated rings. The van der Waals surface area contributed by atoms with Crippen molar-refractivity contribution in [3.8, 4) is 0 Å². The van der Waals surface area contributed by atoms with Gasteiger partial charge in [-0.15, -0.1) is 0 Å². The summed E-state index contributed by atoms with van der Waals surface area (Å²) >= 11 is 6.14. The van der Waals surface area contributed by atoms with E-state index in [-0.39, 0.29) is 0 Å². The Hall–Kier alpha value is -1.54. The molecular weight excluding hydrogens is 220 g/mol. The van der Waals surface area contributed by atoms with E-state index in [2.05, 4.69) is 34.7 Å². The maximum absolute atomic E-state index is 6.14. The lowest BCUT2D eigenvalue weighted by molar-refractivity contribution is 1.01. The van der Waals surface area contributed by atoms with Crippen LogP contribution >= 0.6 is 11.6 Å². The minimum absolute atomic E-state index is 0.564. The number of halogens is 1. The molecule has 2 nitrogen and oxygen atoms in total. The molecule has 0 aliphatic heterocycles. The number of benzene rings is 1. The van der Waals surface area contributed by atoms with Crippen LogP contribution in [0.2, 0.25) is 5.15 Å². The van der Waals surface area contributed by atoms with Crippen LogP contribution in [0.15, 0.2) is 30.5 Å². The molecule has 3 rings (SSSR count). The number of aromatic nitrogens is 2. The lowest BCUT2D eigenvalue weighted by atomic mass is 10.1. The van der Waals surface area contributed by atoms with Gasteiger partial charge in [0.2, 0.25) is 0 Å². The van der Waals surface area contributed by atoms with Crippen LogP contribution in [0.25, 0.3) is 21.8 Å². The van der Waals surface area contributed by atoms with Gasteiger partial charge in [-0.05, 0) is 24.6 Å². The Morgan fingerprint density at radius 2 is 2.00 bits per heavy atom. The zero-order valence-electron chi connectivity index (χ0n) is 9.16. The molecule has 16 heavy (non-hydrogen) atoms. The second-order valence-corrected chi connectivity index (χ2v) is 4.44. The number of aryl methyl sites for hydroxylation is 2. The fraction of sp³-hybridized carbons (Fsp3) is 0.154. The van der Waals surface area contributed by atoms with Gasteiger partial charge in [-0.25, -0.2) is 4.98 Å². The monoisotopic (exact) mass is 230 g/mol. The quantitative estimate of drug-likeness (QED) is 0.539. The van der Waals surface area contributed by atoms with Crippen LogP contribution in [0.4, 0.5) is 0 Å². The molecule has 0 spiro atoms. The average molecular weight is 231 g/mol. The molecule has 0 saturated carbocycles. The van der Waals surface area contributed by atoms with Gasteiger partial charge in [0.1, 0.15) is 0 Å². The molecule has 0 aliphatic rings. The van der Waals surface area contributed by atoms with Crippen molar-refractivity contribution in [3.63, 3.8) is 0 Å². The van der Waals surface area contributed by atoms with E-state index in [9.17, 15) is 0 Å². The van der Waals surface area contributed by atoms with Crippen molar-refractivity contribution in [1.82, 2.24) is 9.55 Å². The summed E-state index contributed by atoms with van der Waals surface area (Å²) in [7, 11) is 2.03. The van der Waals surface area contributed by atoms with Crippen LogP contribution < -0.4 is 0 Å². The summed E-state index contributed by atoms with van der Waals surface area (Å²) in [6, 6.07) is 8.45. The van der Waals surface area contributed by atoms with Gasteiger partial charge in [0.15, 0.2) is 5.15 Å². The standard InChI is InChI=1S/C13H11ClN2/c1-8-3-4-9-10-5-6-15-13(14)12(10)16(2)11(9)7-8/h3-7H,1-2H3. The van der Waals surface area contributed by atoms with E-state index in [4.69, 9.17) is 11.6 Å². The Morgan fingerprint density at radius 3 is 2.81 bits per heavy atom. The lowest BCUT2D eigenvalue weighted by Crippen LogP contribution is -1.88. The molecule has 3 aromatic rings. The van der Waals surface area contributed by atoms with Crippen LogP contribution in [0.1, 0.15) is 5.56 Å². The van der Waals surface area contributed by atoms with E-state index in [0.29, 0.717) is 5.15 Å². The minimum atomic E-state index is 0.564. The van der Waals surface area contributed by atoms with E-state index >= 15 is 0 Å². The summed E-state index contributed by atoms with van der Waals surface area (Å²) in [5.74, 6) is 0. The first kappa shape index (κ1) is 9.67. The summed E-state index contributed by atoms with van der Waals surface area (Å²) in [6.07, 6.45) is 1.75. The molecule has 1 aromatic carbocycles. The van der Waals surface area contributed by atoms with Crippen molar-refractivity contribution in [2.45, 2.75) is 6.92 Å². The molecule has 3 heteroatoms. The summed E-state index contributed by atoms with van der Waals surface area (Å²) < 4.78 is 2.10. The molecule has 0 aliphatic carbocycles. The summed E-state index contributed by atoms with van der Waals surface area (Å²) in [6.45, 7) is 2.09. The normalized spacial score (nSPS) is 11.4. The molecule has 0 atom stereocenters. The fourth-order valence-corrected chi connectivity index (χ4v) is 2.52. The summed E-state index contributed by atoms with van der Waals surface area (Å²) in [5, 5.41) is 2.96. The van der Waals surface area contributed by atoms with Crippen LogP contribution in [0.5, 0.6) is 0 Å². The van der Waals surface area contributed by atoms with Gasteiger partial charge in [-0.2, -0.15) is 0 Å². The van der Waals surface area contributed by atoms with E-state index in [1.165, 1.54) is 16.5 Å². The maximum Gasteiger partial charge on any atom is 0.153 e. The highest BCUT2D eigenvalue weighted by Crippen LogP contribution is 2.31. The molecule has 0 bridgehead atoms. The Morgan fingerprint density at radius 1 is 1.19 bits per heavy atom. The van der Waals surface area contributed by atoms with Gasteiger partial charge in [0.25, 0.3) is 0 Å². The molecule has 2 heterocycles. The number of nitrogens with zero attached hydrogens (tertiary/aromatic N) is 2. The van der Waals surface area contributed by atoms with Gasteiger partial charge in [0.05, 0.1) is 5.52 Å². The van der Waals surface area contributed by atoms with E-state index in [1.807, 2.05) is 13.1 Å². The maximum atomic E-state index is 6.14. The van der Waals surface area contributed by atoms with Crippen LogP contribution in [-0.2, 0) is 7.05 Å².